The number of carbonyl (C=O) groups is 1. The topological polar surface area (TPSA) is 32.8 Å². The van der Waals surface area contributed by atoms with Crippen molar-refractivity contribution in [1.82, 2.24) is 9.80 Å². The second-order valence-corrected chi connectivity index (χ2v) is 7.97. The van der Waals surface area contributed by atoms with Crippen LogP contribution in [0.15, 0.2) is 17.5 Å². The van der Waals surface area contributed by atoms with E-state index < -0.39 is 0 Å². The molecule has 23 heavy (non-hydrogen) atoms. The lowest BCUT2D eigenvalue weighted by atomic mass is 10.1. The summed E-state index contributed by atoms with van der Waals surface area (Å²) in [4.78, 5) is 18.5. The number of nitrogens with zero attached hydrogens (tertiary/aromatic N) is 2. The van der Waals surface area contributed by atoms with Crippen molar-refractivity contribution in [3.63, 3.8) is 0 Å². The van der Waals surface area contributed by atoms with Crippen LogP contribution in [0.4, 0.5) is 0 Å². The highest BCUT2D eigenvalue weighted by molar-refractivity contribution is 7.09. The Labute approximate surface area is 143 Å². The van der Waals surface area contributed by atoms with E-state index >= 15 is 0 Å². The molecule has 1 aromatic heterocycles. The van der Waals surface area contributed by atoms with Crippen LogP contribution in [0.5, 0.6) is 0 Å². The molecule has 2 saturated heterocycles. The van der Waals surface area contributed by atoms with Crippen molar-refractivity contribution in [2.75, 3.05) is 26.2 Å². The first-order chi connectivity index (χ1) is 11.1. The maximum Gasteiger partial charge on any atom is 0.223 e. The minimum atomic E-state index is 0.295. The van der Waals surface area contributed by atoms with Gasteiger partial charge in [-0.25, -0.2) is 0 Å². The Morgan fingerprint density at radius 3 is 2.83 bits per heavy atom. The van der Waals surface area contributed by atoms with Gasteiger partial charge in [0, 0.05) is 43.5 Å². The van der Waals surface area contributed by atoms with Crippen LogP contribution in [0.1, 0.15) is 38.0 Å². The van der Waals surface area contributed by atoms with Crippen LogP contribution in [-0.4, -0.2) is 60.1 Å². The van der Waals surface area contributed by atoms with Gasteiger partial charge in [0.2, 0.25) is 5.91 Å². The van der Waals surface area contributed by atoms with Gasteiger partial charge in [-0.3, -0.25) is 9.69 Å². The summed E-state index contributed by atoms with van der Waals surface area (Å²) < 4.78 is 5.81. The third-order valence-electron chi connectivity index (χ3n) is 4.83. The van der Waals surface area contributed by atoms with Crippen LogP contribution in [0.2, 0.25) is 0 Å². The van der Waals surface area contributed by atoms with E-state index in [0.717, 1.165) is 45.4 Å². The van der Waals surface area contributed by atoms with Crippen molar-refractivity contribution < 1.29 is 9.53 Å². The number of thiophene rings is 1. The molecule has 5 heteroatoms. The molecule has 2 aliphatic heterocycles. The largest absolute Gasteiger partial charge is 0.373 e. The van der Waals surface area contributed by atoms with Gasteiger partial charge in [-0.05, 0) is 44.6 Å². The van der Waals surface area contributed by atoms with Crippen LogP contribution in [-0.2, 0) is 16.0 Å². The highest BCUT2D eigenvalue weighted by Crippen LogP contribution is 2.22. The van der Waals surface area contributed by atoms with Crippen molar-refractivity contribution in [2.45, 2.75) is 57.8 Å². The Hall–Kier alpha value is -0.910. The van der Waals surface area contributed by atoms with E-state index in [1.165, 1.54) is 4.88 Å². The fourth-order valence-electron chi connectivity index (χ4n) is 3.91. The fourth-order valence-corrected chi connectivity index (χ4v) is 4.62. The summed E-state index contributed by atoms with van der Waals surface area (Å²) in [6.45, 7) is 8.19. The number of morpholine rings is 1. The summed E-state index contributed by atoms with van der Waals surface area (Å²) in [5.41, 5.74) is 0. The SMILES string of the molecule is CC1CN(CC2CCCN2C(=O)CCc2cccs2)CC(C)O1. The number of carbonyl (C=O) groups excluding carboxylic acids is 1. The average Bonchev–Trinajstić information content (AvgIpc) is 3.15. The third-order valence-corrected chi connectivity index (χ3v) is 5.76. The molecule has 0 aliphatic carbocycles. The van der Waals surface area contributed by atoms with Gasteiger partial charge in [0.25, 0.3) is 0 Å². The minimum Gasteiger partial charge on any atom is -0.373 e. The van der Waals surface area contributed by atoms with Crippen LogP contribution in [0.3, 0.4) is 0 Å². The van der Waals surface area contributed by atoms with Gasteiger partial charge in [-0.2, -0.15) is 0 Å². The first-order valence-electron chi connectivity index (χ1n) is 8.81. The van der Waals surface area contributed by atoms with Crippen LogP contribution in [0.25, 0.3) is 0 Å². The minimum absolute atomic E-state index is 0.295. The van der Waals surface area contributed by atoms with Crippen LogP contribution < -0.4 is 0 Å². The lowest BCUT2D eigenvalue weighted by molar-refractivity contribution is -0.133. The summed E-state index contributed by atoms with van der Waals surface area (Å²) in [7, 11) is 0. The van der Waals surface area contributed by atoms with E-state index in [1.807, 2.05) is 0 Å². The molecular formula is C18H28N2O2S. The smallest absolute Gasteiger partial charge is 0.223 e. The molecule has 0 bridgehead atoms. The molecule has 0 spiro atoms. The van der Waals surface area contributed by atoms with Crippen LogP contribution in [0, 0.1) is 0 Å². The van der Waals surface area contributed by atoms with Crippen molar-refractivity contribution >= 4 is 17.2 Å². The molecule has 3 rings (SSSR count). The number of hydrogen-bond acceptors (Lipinski definition) is 4. The molecule has 3 unspecified atom stereocenters. The number of ether oxygens (including phenoxy) is 1. The predicted octanol–water partition coefficient (Wildman–Crippen LogP) is 2.78. The zero-order valence-corrected chi connectivity index (χ0v) is 15.1. The van der Waals surface area contributed by atoms with E-state index in [9.17, 15) is 4.79 Å². The molecule has 3 atom stereocenters. The van der Waals surface area contributed by atoms with Gasteiger partial charge in [-0.1, -0.05) is 6.07 Å². The zero-order chi connectivity index (χ0) is 16.2. The number of aryl methyl sites for hydroxylation is 1. The predicted molar refractivity (Wildman–Crippen MR) is 93.8 cm³/mol. The molecule has 1 aromatic rings. The number of rotatable bonds is 5. The monoisotopic (exact) mass is 336 g/mol. The molecule has 0 radical (unpaired) electrons. The van der Waals surface area contributed by atoms with E-state index in [1.54, 1.807) is 11.3 Å². The Bertz CT molecular complexity index is 495. The van der Waals surface area contributed by atoms with E-state index in [0.29, 0.717) is 30.6 Å². The first kappa shape index (κ1) is 16.9. The molecule has 4 nitrogen and oxygen atoms in total. The third kappa shape index (κ3) is 4.55. The molecule has 0 N–H and O–H groups in total. The zero-order valence-electron chi connectivity index (χ0n) is 14.2. The maximum absolute atomic E-state index is 12.6. The molecular weight excluding hydrogens is 308 g/mol. The second kappa shape index (κ2) is 7.77. The molecule has 2 aliphatic rings. The van der Waals surface area contributed by atoms with E-state index in [-0.39, 0.29) is 0 Å². The maximum atomic E-state index is 12.6. The van der Waals surface area contributed by atoms with Crippen LogP contribution >= 0.6 is 11.3 Å². The highest BCUT2D eigenvalue weighted by atomic mass is 32.1. The normalized spacial score (nSPS) is 29.1. The Balaban J connectivity index is 1.51. The quantitative estimate of drug-likeness (QED) is 0.829. The van der Waals surface area contributed by atoms with Gasteiger partial charge in [-0.15, -0.1) is 11.3 Å². The van der Waals surface area contributed by atoms with Gasteiger partial charge in [0.15, 0.2) is 0 Å². The Morgan fingerprint density at radius 2 is 2.13 bits per heavy atom. The number of amides is 1. The van der Waals surface area contributed by atoms with Crippen molar-refractivity contribution in [1.29, 1.82) is 0 Å². The van der Waals surface area contributed by atoms with Crippen molar-refractivity contribution in [3.8, 4) is 0 Å². The van der Waals surface area contributed by atoms with Crippen molar-refractivity contribution in [3.05, 3.63) is 22.4 Å². The summed E-state index contributed by atoms with van der Waals surface area (Å²) in [6, 6.07) is 4.57. The molecule has 2 fully saturated rings. The number of likely N-dealkylation sites (tertiary alicyclic amines) is 1. The fraction of sp³-hybridized carbons (Fsp3) is 0.722. The van der Waals surface area contributed by atoms with E-state index in [2.05, 4.69) is 41.2 Å². The molecule has 1 amide bonds. The summed E-state index contributed by atoms with van der Waals surface area (Å²) in [5.74, 6) is 0.329. The lowest BCUT2D eigenvalue weighted by Crippen LogP contribution is -2.50. The lowest BCUT2D eigenvalue weighted by Gasteiger charge is -2.38. The molecule has 3 heterocycles. The summed E-state index contributed by atoms with van der Waals surface area (Å²) in [6.07, 6.45) is 4.40. The molecule has 0 saturated carbocycles. The molecule has 128 valence electrons. The second-order valence-electron chi connectivity index (χ2n) is 6.94. The van der Waals surface area contributed by atoms with Crippen molar-refractivity contribution in [2.24, 2.45) is 0 Å². The van der Waals surface area contributed by atoms with E-state index in [4.69, 9.17) is 4.74 Å². The number of hydrogen-bond donors (Lipinski definition) is 0. The molecule has 0 aromatic carbocycles. The summed E-state index contributed by atoms with van der Waals surface area (Å²) in [5, 5.41) is 2.08. The highest BCUT2D eigenvalue weighted by Gasteiger charge is 2.32. The van der Waals surface area contributed by atoms with Gasteiger partial charge >= 0.3 is 0 Å². The standard InChI is InChI=1S/C18H28N2O2S/c1-14-11-19(12-15(2)22-14)13-16-5-3-9-20(16)18(21)8-7-17-6-4-10-23-17/h4,6,10,14-16H,3,5,7-9,11-13H2,1-2H3. The average molecular weight is 337 g/mol. The van der Waals surface area contributed by atoms with Gasteiger partial charge in [0.1, 0.15) is 0 Å². The Kier molecular flexibility index (Phi) is 5.72. The first-order valence-corrected chi connectivity index (χ1v) is 9.69. The Morgan fingerprint density at radius 1 is 1.35 bits per heavy atom. The van der Waals surface area contributed by atoms with Gasteiger partial charge in [0.05, 0.1) is 12.2 Å². The summed E-state index contributed by atoms with van der Waals surface area (Å²) >= 11 is 1.74. The van der Waals surface area contributed by atoms with Gasteiger partial charge < -0.3 is 9.64 Å².